The van der Waals surface area contributed by atoms with Crippen molar-refractivity contribution < 1.29 is 14.3 Å². The van der Waals surface area contributed by atoms with Crippen LogP contribution in [0.1, 0.15) is 34.3 Å². The molecule has 1 amide bonds. The molecule has 2 atom stereocenters. The quantitative estimate of drug-likeness (QED) is 0.585. The summed E-state index contributed by atoms with van der Waals surface area (Å²) in [5.74, 6) is -0.546. The largest absolute Gasteiger partial charge is 0.441 e. The van der Waals surface area contributed by atoms with Gasteiger partial charge in [-0.05, 0) is 56.5 Å². The van der Waals surface area contributed by atoms with Crippen molar-refractivity contribution in [2.75, 3.05) is 18.4 Å². The van der Waals surface area contributed by atoms with Crippen LogP contribution in [-0.2, 0) is 9.53 Å². The Labute approximate surface area is 170 Å². The van der Waals surface area contributed by atoms with Crippen LogP contribution in [0.15, 0.2) is 48.5 Å². The number of para-hydroxylation sites is 1. The first-order valence-electron chi connectivity index (χ1n) is 9.46. The van der Waals surface area contributed by atoms with Crippen molar-refractivity contribution in [3.63, 3.8) is 0 Å². The van der Waals surface area contributed by atoms with Gasteiger partial charge in [0.05, 0.1) is 18.2 Å². The van der Waals surface area contributed by atoms with Crippen LogP contribution in [0.5, 0.6) is 0 Å². The Kier molecular flexibility index (Phi) is 6.70. The zero-order valence-corrected chi connectivity index (χ0v) is 16.9. The number of rotatable bonds is 6. The van der Waals surface area contributed by atoms with Gasteiger partial charge < -0.3 is 10.1 Å². The highest BCUT2D eigenvalue weighted by Crippen LogP contribution is 2.25. The number of nitrogens with zero attached hydrogens (tertiary/aromatic N) is 1. The third-order valence-corrected chi connectivity index (χ3v) is 5.42. The number of hydrogen-bond acceptors (Lipinski definition) is 4. The van der Waals surface area contributed by atoms with Gasteiger partial charge in [0.15, 0.2) is 5.56 Å². The summed E-state index contributed by atoms with van der Waals surface area (Å²) in [6.07, 6.45) is 1.69. The molecule has 1 aliphatic rings. The Morgan fingerprint density at radius 2 is 1.82 bits per heavy atom. The van der Waals surface area contributed by atoms with Gasteiger partial charge in [-0.1, -0.05) is 48.0 Å². The minimum Gasteiger partial charge on any atom is -0.441 e. The van der Waals surface area contributed by atoms with Crippen LogP contribution >= 0.6 is 11.6 Å². The van der Waals surface area contributed by atoms with Gasteiger partial charge in [0.2, 0.25) is 5.91 Å². The van der Waals surface area contributed by atoms with E-state index >= 15 is 0 Å². The van der Waals surface area contributed by atoms with Gasteiger partial charge in [-0.25, -0.2) is 4.79 Å². The molecule has 0 aromatic heterocycles. The maximum absolute atomic E-state index is 12.6. The van der Waals surface area contributed by atoms with E-state index < -0.39 is 11.5 Å². The Morgan fingerprint density at radius 1 is 1.14 bits per heavy atom. The van der Waals surface area contributed by atoms with E-state index in [1.165, 1.54) is 0 Å². The molecule has 1 heterocycles. The Morgan fingerprint density at radius 3 is 2.50 bits per heavy atom. The summed E-state index contributed by atoms with van der Waals surface area (Å²) in [5.41, 5.74) is 2.56. The molecule has 6 heteroatoms. The number of anilines is 1. The summed E-state index contributed by atoms with van der Waals surface area (Å²) in [4.78, 5) is 26.8. The number of carbonyl (C=O) groups excluding carboxylic acids is 2. The number of likely N-dealkylation sites (tertiary alicyclic amines) is 1. The predicted molar refractivity (Wildman–Crippen MR) is 111 cm³/mol. The zero-order chi connectivity index (χ0) is 20.1. The molecule has 2 unspecified atom stereocenters. The summed E-state index contributed by atoms with van der Waals surface area (Å²) in [6.45, 7) is 4.90. The van der Waals surface area contributed by atoms with Gasteiger partial charge in [-0.2, -0.15) is 0 Å². The number of ether oxygens (including phenoxy) is 1. The Balaban J connectivity index is 1.59. The molecule has 1 N–H and O–H groups in total. The topological polar surface area (TPSA) is 58.6 Å². The second kappa shape index (κ2) is 9.22. The maximum Gasteiger partial charge on any atom is 0.339 e. The fourth-order valence-corrected chi connectivity index (χ4v) is 3.91. The average Bonchev–Trinajstić information content (AvgIpc) is 3.13. The number of nitrogens with one attached hydrogen (secondary N) is 1. The van der Waals surface area contributed by atoms with Gasteiger partial charge in [-0.3, -0.25) is 9.69 Å². The lowest BCUT2D eigenvalue weighted by Gasteiger charge is -2.27. The van der Waals surface area contributed by atoms with Crippen LogP contribution in [0.25, 0.3) is 0 Å². The molecular formula is C22H25ClN2O3. The van der Waals surface area contributed by atoms with Crippen LogP contribution in [0, 0.1) is 13.8 Å². The van der Waals surface area contributed by atoms with E-state index in [0.717, 1.165) is 36.2 Å². The van der Waals surface area contributed by atoms with E-state index in [4.69, 9.17) is 16.3 Å². The van der Waals surface area contributed by atoms with Crippen molar-refractivity contribution in [2.24, 2.45) is 0 Å². The lowest BCUT2D eigenvalue weighted by Crippen LogP contribution is -2.42. The summed E-state index contributed by atoms with van der Waals surface area (Å²) >= 11 is 6.40. The molecule has 0 bridgehead atoms. The number of halogens is 1. The third kappa shape index (κ3) is 4.91. The Hall–Kier alpha value is -2.37. The van der Waals surface area contributed by atoms with Crippen molar-refractivity contribution >= 4 is 29.2 Å². The van der Waals surface area contributed by atoms with Gasteiger partial charge in [0.25, 0.3) is 0 Å². The molecule has 0 aliphatic carbocycles. The summed E-state index contributed by atoms with van der Waals surface area (Å²) in [5, 5.41) is 3.00. The standard InChI is InChI=1S/C22H25ClN2O3/c1-15-8-6-9-16(2)20(15)24-19(26)14-25-13-7-12-18(25)21(23)28-22(27)17-10-4-3-5-11-17/h3-6,8-11,18,21H,7,12-14H2,1-2H3,(H,24,26). The molecule has 28 heavy (non-hydrogen) atoms. The number of benzene rings is 2. The fraction of sp³-hybridized carbons (Fsp3) is 0.364. The summed E-state index contributed by atoms with van der Waals surface area (Å²) in [7, 11) is 0. The lowest BCUT2D eigenvalue weighted by atomic mass is 10.1. The first-order chi connectivity index (χ1) is 13.5. The molecule has 2 aromatic carbocycles. The second-order valence-corrected chi connectivity index (χ2v) is 7.55. The van der Waals surface area contributed by atoms with Gasteiger partial charge in [-0.15, -0.1) is 0 Å². The first-order valence-corrected chi connectivity index (χ1v) is 9.89. The van der Waals surface area contributed by atoms with E-state index in [9.17, 15) is 9.59 Å². The number of alkyl halides is 1. The lowest BCUT2D eigenvalue weighted by molar-refractivity contribution is -0.117. The minimum absolute atomic E-state index is 0.0949. The summed E-state index contributed by atoms with van der Waals surface area (Å²) < 4.78 is 5.44. The Bertz CT molecular complexity index is 821. The number of aryl methyl sites for hydroxylation is 2. The minimum atomic E-state index is -0.803. The van der Waals surface area contributed by atoms with Crippen LogP contribution in [0.4, 0.5) is 5.69 Å². The number of amides is 1. The van der Waals surface area contributed by atoms with Gasteiger partial charge in [0, 0.05) is 5.69 Å². The smallest absolute Gasteiger partial charge is 0.339 e. The van der Waals surface area contributed by atoms with Crippen LogP contribution in [0.2, 0.25) is 0 Å². The molecule has 0 spiro atoms. The molecule has 1 fully saturated rings. The highest BCUT2D eigenvalue weighted by molar-refractivity contribution is 6.21. The van der Waals surface area contributed by atoms with Crippen molar-refractivity contribution in [2.45, 2.75) is 38.3 Å². The zero-order valence-electron chi connectivity index (χ0n) is 16.2. The molecule has 2 aromatic rings. The highest BCUT2D eigenvalue weighted by atomic mass is 35.5. The predicted octanol–water partition coefficient (Wildman–Crippen LogP) is 4.13. The fourth-order valence-electron chi connectivity index (χ4n) is 3.54. The number of esters is 1. The molecule has 5 nitrogen and oxygen atoms in total. The van der Waals surface area contributed by atoms with E-state index in [0.29, 0.717) is 5.56 Å². The van der Waals surface area contributed by atoms with Crippen molar-refractivity contribution in [3.05, 3.63) is 65.2 Å². The molecule has 0 saturated carbocycles. The van der Waals surface area contributed by atoms with Crippen LogP contribution < -0.4 is 5.32 Å². The monoisotopic (exact) mass is 400 g/mol. The van der Waals surface area contributed by atoms with E-state index in [2.05, 4.69) is 5.32 Å². The van der Waals surface area contributed by atoms with Gasteiger partial charge in [0.1, 0.15) is 0 Å². The van der Waals surface area contributed by atoms with Crippen molar-refractivity contribution in [1.29, 1.82) is 0 Å². The molecule has 0 radical (unpaired) electrons. The normalized spacial score (nSPS) is 17.9. The highest BCUT2D eigenvalue weighted by Gasteiger charge is 2.34. The van der Waals surface area contributed by atoms with Crippen LogP contribution in [0.3, 0.4) is 0 Å². The SMILES string of the molecule is Cc1cccc(C)c1NC(=O)CN1CCCC1C(Cl)OC(=O)c1ccccc1. The number of carbonyl (C=O) groups is 2. The third-order valence-electron chi connectivity index (χ3n) is 5.04. The van der Waals surface area contributed by atoms with E-state index in [1.54, 1.807) is 24.3 Å². The van der Waals surface area contributed by atoms with Gasteiger partial charge >= 0.3 is 5.97 Å². The van der Waals surface area contributed by atoms with E-state index in [-0.39, 0.29) is 18.5 Å². The molecule has 3 rings (SSSR count). The van der Waals surface area contributed by atoms with Crippen LogP contribution in [-0.4, -0.2) is 41.5 Å². The molecular weight excluding hydrogens is 376 g/mol. The molecule has 148 valence electrons. The number of hydrogen-bond donors (Lipinski definition) is 1. The molecule has 1 saturated heterocycles. The second-order valence-electron chi connectivity index (χ2n) is 7.12. The maximum atomic E-state index is 12.6. The van der Waals surface area contributed by atoms with Crippen molar-refractivity contribution in [3.8, 4) is 0 Å². The van der Waals surface area contributed by atoms with Crippen molar-refractivity contribution in [1.82, 2.24) is 4.90 Å². The van der Waals surface area contributed by atoms with E-state index in [1.807, 2.05) is 43.0 Å². The first kappa shape index (κ1) is 20.4. The molecule has 1 aliphatic heterocycles. The average molecular weight is 401 g/mol. The summed E-state index contributed by atoms with van der Waals surface area (Å²) in [6, 6.07) is 14.5.